The van der Waals surface area contributed by atoms with Gasteiger partial charge in [-0.3, -0.25) is 0 Å². The first-order valence-corrected chi connectivity index (χ1v) is 6.91. The number of furan rings is 1. The zero-order valence-corrected chi connectivity index (χ0v) is 11.4. The quantitative estimate of drug-likeness (QED) is 0.572. The van der Waals surface area contributed by atoms with E-state index in [9.17, 15) is 5.11 Å². The third kappa shape index (κ3) is 3.99. The van der Waals surface area contributed by atoms with Gasteiger partial charge in [0.15, 0.2) is 5.96 Å². The molecule has 1 saturated carbocycles. The van der Waals surface area contributed by atoms with Crippen molar-refractivity contribution in [3.05, 3.63) is 24.2 Å². The molecule has 1 aromatic heterocycles. The average molecular weight is 265 g/mol. The maximum Gasteiger partial charge on any atom is 0.188 e. The van der Waals surface area contributed by atoms with Crippen LogP contribution in [0.25, 0.3) is 0 Å². The molecule has 19 heavy (non-hydrogen) atoms. The van der Waals surface area contributed by atoms with Crippen LogP contribution in [0.1, 0.15) is 44.8 Å². The van der Waals surface area contributed by atoms with E-state index in [4.69, 9.17) is 10.2 Å². The van der Waals surface area contributed by atoms with Gasteiger partial charge in [0.2, 0.25) is 0 Å². The van der Waals surface area contributed by atoms with Gasteiger partial charge in [-0.1, -0.05) is 19.3 Å². The van der Waals surface area contributed by atoms with Crippen LogP contribution in [0.5, 0.6) is 0 Å². The molecule has 5 heteroatoms. The van der Waals surface area contributed by atoms with Crippen LogP contribution < -0.4 is 11.1 Å². The summed E-state index contributed by atoms with van der Waals surface area (Å²) < 4.78 is 5.20. The Labute approximate surface area is 113 Å². The Balaban J connectivity index is 1.86. The normalized spacial score (nSPS) is 21.1. The van der Waals surface area contributed by atoms with Crippen molar-refractivity contribution in [2.45, 2.75) is 50.7 Å². The fourth-order valence-electron chi connectivity index (χ4n) is 2.40. The number of nitrogens with zero attached hydrogens (tertiary/aromatic N) is 1. The van der Waals surface area contributed by atoms with Crippen LogP contribution in [-0.2, 0) is 5.60 Å². The second-order valence-corrected chi connectivity index (χ2v) is 5.43. The van der Waals surface area contributed by atoms with E-state index >= 15 is 0 Å². The summed E-state index contributed by atoms with van der Waals surface area (Å²) in [6, 6.07) is 3.91. The van der Waals surface area contributed by atoms with Crippen LogP contribution in [0.4, 0.5) is 0 Å². The number of aliphatic hydroxyl groups is 1. The molecule has 1 aliphatic carbocycles. The van der Waals surface area contributed by atoms with Gasteiger partial charge >= 0.3 is 0 Å². The van der Waals surface area contributed by atoms with Gasteiger partial charge < -0.3 is 20.6 Å². The monoisotopic (exact) mass is 265 g/mol. The molecular formula is C14H23N3O2. The number of nitrogens with one attached hydrogen (secondary N) is 1. The van der Waals surface area contributed by atoms with E-state index in [1.807, 2.05) is 0 Å². The van der Waals surface area contributed by atoms with Crippen LogP contribution in [0.2, 0.25) is 0 Å². The standard InChI is InChI=1S/C14H23N3O2/c1-14(18,12-8-5-9-19-12)10-16-13(15)17-11-6-3-2-4-7-11/h5,8-9,11,18H,2-4,6-7,10H2,1H3,(H3,15,16,17). The van der Waals surface area contributed by atoms with Crippen molar-refractivity contribution in [1.82, 2.24) is 5.32 Å². The van der Waals surface area contributed by atoms with Crippen molar-refractivity contribution in [2.75, 3.05) is 6.54 Å². The highest BCUT2D eigenvalue weighted by Crippen LogP contribution is 2.21. The van der Waals surface area contributed by atoms with Crippen LogP contribution >= 0.6 is 0 Å². The van der Waals surface area contributed by atoms with Crippen molar-refractivity contribution in [1.29, 1.82) is 0 Å². The lowest BCUT2D eigenvalue weighted by Gasteiger charge is -2.24. The molecule has 0 saturated heterocycles. The molecule has 1 fully saturated rings. The molecule has 1 heterocycles. The fraction of sp³-hybridized carbons (Fsp3) is 0.643. The average Bonchev–Trinajstić information content (AvgIpc) is 2.92. The van der Waals surface area contributed by atoms with E-state index in [0.29, 0.717) is 17.8 Å². The Morgan fingerprint density at radius 1 is 1.53 bits per heavy atom. The molecular weight excluding hydrogens is 242 g/mol. The summed E-state index contributed by atoms with van der Waals surface area (Å²) in [6.07, 6.45) is 7.62. The molecule has 106 valence electrons. The number of guanidine groups is 1. The highest BCUT2D eigenvalue weighted by Gasteiger charge is 2.26. The van der Waals surface area contributed by atoms with Crippen LogP contribution in [0.3, 0.4) is 0 Å². The van der Waals surface area contributed by atoms with E-state index in [1.165, 1.54) is 25.5 Å². The van der Waals surface area contributed by atoms with Gasteiger partial charge in [0.1, 0.15) is 11.4 Å². The van der Waals surface area contributed by atoms with E-state index in [0.717, 1.165) is 12.8 Å². The number of rotatable bonds is 4. The summed E-state index contributed by atoms with van der Waals surface area (Å²) in [5.74, 6) is 0.903. The number of hydrogen-bond donors (Lipinski definition) is 3. The molecule has 0 bridgehead atoms. The summed E-state index contributed by atoms with van der Waals surface area (Å²) >= 11 is 0. The maximum atomic E-state index is 10.2. The van der Waals surface area contributed by atoms with E-state index in [1.54, 1.807) is 19.1 Å². The molecule has 0 spiro atoms. The zero-order valence-electron chi connectivity index (χ0n) is 11.4. The van der Waals surface area contributed by atoms with Crippen molar-refractivity contribution >= 4 is 5.96 Å². The molecule has 1 aliphatic rings. The first-order chi connectivity index (χ1) is 9.08. The lowest BCUT2D eigenvalue weighted by molar-refractivity contribution is 0.0437. The molecule has 0 aromatic carbocycles. The Morgan fingerprint density at radius 2 is 2.26 bits per heavy atom. The van der Waals surface area contributed by atoms with Gasteiger partial charge in [-0.25, -0.2) is 4.99 Å². The fourth-order valence-corrected chi connectivity index (χ4v) is 2.40. The van der Waals surface area contributed by atoms with Gasteiger partial charge in [-0.05, 0) is 31.9 Å². The lowest BCUT2D eigenvalue weighted by Crippen LogP contribution is -2.42. The molecule has 2 rings (SSSR count). The zero-order chi connectivity index (χ0) is 13.7. The number of aliphatic imine (C=N–C) groups is 1. The number of hydrogen-bond acceptors (Lipinski definition) is 3. The molecule has 0 aliphatic heterocycles. The highest BCUT2D eigenvalue weighted by atomic mass is 16.4. The smallest absolute Gasteiger partial charge is 0.188 e. The van der Waals surface area contributed by atoms with Crippen LogP contribution in [0, 0.1) is 0 Å². The lowest BCUT2D eigenvalue weighted by atomic mass is 9.96. The van der Waals surface area contributed by atoms with Crippen molar-refractivity contribution in [2.24, 2.45) is 10.7 Å². The predicted molar refractivity (Wildman–Crippen MR) is 74.8 cm³/mol. The molecule has 1 unspecified atom stereocenters. The predicted octanol–water partition coefficient (Wildman–Crippen LogP) is 1.72. The minimum absolute atomic E-state index is 0.187. The van der Waals surface area contributed by atoms with Gasteiger partial charge in [-0.15, -0.1) is 0 Å². The molecule has 5 nitrogen and oxygen atoms in total. The minimum Gasteiger partial charge on any atom is -0.466 e. The van der Waals surface area contributed by atoms with E-state index < -0.39 is 5.60 Å². The molecule has 0 amide bonds. The van der Waals surface area contributed by atoms with Gasteiger partial charge in [-0.2, -0.15) is 0 Å². The van der Waals surface area contributed by atoms with Gasteiger partial charge in [0.25, 0.3) is 0 Å². The maximum absolute atomic E-state index is 10.2. The highest BCUT2D eigenvalue weighted by molar-refractivity contribution is 5.78. The first-order valence-electron chi connectivity index (χ1n) is 6.91. The van der Waals surface area contributed by atoms with Crippen LogP contribution in [0.15, 0.2) is 27.8 Å². The van der Waals surface area contributed by atoms with Crippen molar-refractivity contribution in [3.63, 3.8) is 0 Å². The Morgan fingerprint density at radius 3 is 2.89 bits per heavy atom. The van der Waals surface area contributed by atoms with Gasteiger partial charge in [0.05, 0.1) is 12.8 Å². The summed E-state index contributed by atoms with van der Waals surface area (Å²) in [7, 11) is 0. The summed E-state index contributed by atoms with van der Waals surface area (Å²) in [4.78, 5) is 4.22. The third-order valence-electron chi connectivity index (χ3n) is 3.57. The summed E-state index contributed by atoms with van der Waals surface area (Å²) in [5.41, 5.74) is 4.74. The van der Waals surface area contributed by atoms with Gasteiger partial charge in [0, 0.05) is 6.04 Å². The SMILES string of the molecule is CC(O)(CN=C(N)NC1CCCCC1)c1ccco1. The van der Waals surface area contributed by atoms with Crippen LogP contribution in [-0.4, -0.2) is 23.7 Å². The Bertz CT molecular complexity index is 406. The molecule has 4 N–H and O–H groups in total. The third-order valence-corrected chi connectivity index (χ3v) is 3.57. The molecule has 1 aromatic rings. The van der Waals surface area contributed by atoms with E-state index in [2.05, 4.69) is 10.3 Å². The number of nitrogens with two attached hydrogens (primary N) is 1. The Hall–Kier alpha value is -1.49. The second-order valence-electron chi connectivity index (χ2n) is 5.43. The molecule has 0 radical (unpaired) electrons. The minimum atomic E-state index is -1.12. The topological polar surface area (TPSA) is 83.8 Å². The molecule has 1 atom stereocenters. The van der Waals surface area contributed by atoms with Crippen molar-refractivity contribution in [3.8, 4) is 0 Å². The first kappa shape index (κ1) is 13.9. The second kappa shape index (κ2) is 6.10. The summed E-state index contributed by atoms with van der Waals surface area (Å²) in [6.45, 7) is 1.86. The largest absolute Gasteiger partial charge is 0.466 e. The summed E-state index contributed by atoms with van der Waals surface area (Å²) in [5, 5.41) is 13.5. The van der Waals surface area contributed by atoms with E-state index in [-0.39, 0.29) is 6.54 Å². The Kier molecular flexibility index (Phi) is 4.47. The van der Waals surface area contributed by atoms with Crippen molar-refractivity contribution < 1.29 is 9.52 Å².